The summed E-state index contributed by atoms with van der Waals surface area (Å²) in [6, 6.07) is 12.9. The predicted octanol–water partition coefficient (Wildman–Crippen LogP) is 3.97. The molecular weight excluding hydrogens is 296 g/mol. The summed E-state index contributed by atoms with van der Waals surface area (Å²) in [4.78, 5) is 2.49. The van der Waals surface area contributed by atoms with Gasteiger partial charge in [0.15, 0.2) is 0 Å². The molecule has 0 spiro atoms. The second-order valence-electron chi connectivity index (χ2n) is 6.58. The van der Waals surface area contributed by atoms with E-state index in [0.717, 1.165) is 38.3 Å². The van der Waals surface area contributed by atoms with Crippen molar-refractivity contribution in [1.82, 2.24) is 4.90 Å². The molecule has 0 aliphatic heterocycles. The largest absolute Gasteiger partial charge is 0.497 e. The van der Waals surface area contributed by atoms with Gasteiger partial charge in [0.1, 0.15) is 5.75 Å². The van der Waals surface area contributed by atoms with E-state index in [4.69, 9.17) is 10.5 Å². The molecule has 0 amide bonds. The summed E-state index contributed by atoms with van der Waals surface area (Å²) in [6.07, 6.45) is 1.01. The van der Waals surface area contributed by atoms with Gasteiger partial charge in [-0.2, -0.15) is 0 Å². The van der Waals surface area contributed by atoms with Crippen LogP contribution in [-0.2, 0) is 13.1 Å². The van der Waals surface area contributed by atoms with Crippen LogP contribution in [0.5, 0.6) is 5.75 Å². The van der Waals surface area contributed by atoms with Crippen LogP contribution < -0.4 is 10.5 Å². The summed E-state index contributed by atoms with van der Waals surface area (Å²) in [6.45, 7) is 10.2. The van der Waals surface area contributed by atoms with E-state index >= 15 is 0 Å². The molecule has 24 heavy (non-hydrogen) atoms. The Bertz CT molecular complexity index is 626. The average molecular weight is 326 g/mol. The van der Waals surface area contributed by atoms with Crippen molar-refractivity contribution in [2.24, 2.45) is 5.73 Å². The van der Waals surface area contributed by atoms with Crippen LogP contribution >= 0.6 is 0 Å². The Hall–Kier alpha value is -1.84. The standard InChI is InChI=1S/C21H30N2O/c1-16-12-17(2)21(18(3)13-16)15-23(11-5-10-22)14-19-6-8-20(24-4)9-7-19/h6-9,12-13H,5,10-11,14-15,22H2,1-4H3. The molecule has 3 nitrogen and oxygen atoms in total. The number of aryl methyl sites for hydroxylation is 3. The lowest BCUT2D eigenvalue weighted by Gasteiger charge is -2.24. The summed E-state index contributed by atoms with van der Waals surface area (Å²) in [5, 5.41) is 0. The fourth-order valence-electron chi connectivity index (χ4n) is 3.20. The number of ether oxygens (including phenoxy) is 1. The number of rotatable bonds is 8. The fraction of sp³-hybridized carbons (Fsp3) is 0.429. The Kier molecular flexibility index (Phi) is 6.83. The zero-order valence-electron chi connectivity index (χ0n) is 15.4. The van der Waals surface area contributed by atoms with Crippen LogP contribution in [0, 0.1) is 20.8 Å². The van der Waals surface area contributed by atoms with E-state index in [1.807, 2.05) is 12.1 Å². The van der Waals surface area contributed by atoms with E-state index in [-0.39, 0.29) is 0 Å². The van der Waals surface area contributed by atoms with E-state index in [0.29, 0.717) is 0 Å². The summed E-state index contributed by atoms with van der Waals surface area (Å²) in [5.41, 5.74) is 12.6. The van der Waals surface area contributed by atoms with Crippen molar-refractivity contribution in [3.8, 4) is 5.75 Å². The molecule has 3 heteroatoms. The van der Waals surface area contributed by atoms with E-state index in [1.165, 1.54) is 27.8 Å². The minimum atomic E-state index is 0.727. The van der Waals surface area contributed by atoms with Gasteiger partial charge in [-0.3, -0.25) is 4.90 Å². The smallest absolute Gasteiger partial charge is 0.118 e. The van der Waals surface area contributed by atoms with Crippen molar-refractivity contribution < 1.29 is 4.74 Å². The molecule has 0 saturated carbocycles. The van der Waals surface area contributed by atoms with Crippen LogP contribution in [0.1, 0.15) is 34.2 Å². The van der Waals surface area contributed by atoms with Crippen molar-refractivity contribution in [1.29, 1.82) is 0 Å². The van der Waals surface area contributed by atoms with Crippen LogP contribution in [0.4, 0.5) is 0 Å². The average Bonchev–Trinajstić information content (AvgIpc) is 2.56. The van der Waals surface area contributed by atoms with Crippen molar-refractivity contribution in [3.63, 3.8) is 0 Å². The zero-order chi connectivity index (χ0) is 17.5. The van der Waals surface area contributed by atoms with E-state index in [9.17, 15) is 0 Å². The molecule has 0 radical (unpaired) electrons. The molecule has 2 aromatic carbocycles. The lowest BCUT2D eigenvalue weighted by molar-refractivity contribution is 0.254. The Labute approximate surface area is 146 Å². The van der Waals surface area contributed by atoms with Crippen LogP contribution in [-0.4, -0.2) is 25.1 Å². The molecular formula is C21H30N2O. The van der Waals surface area contributed by atoms with Crippen LogP contribution in [0.25, 0.3) is 0 Å². The highest BCUT2D eigenvalue weighted by Gasteiger charge is 2.11. The van der Waals surface area contributed by atoms with Crippen LogP contribution in [0.2, 0.25) is 0 Å². The topological polar surface area (TPSA) is 38.5 Å². The molecule has 2 rings (SSSR count). The van der Waals surface area contributed by atoms with Gasteiger partial charge in [-0.05, 0) is 68.1 Å². The predicted molar refractivity (Wildman–Crippen MR) is 101 cm³/mol. The lowest BCUT2D eigenvalue weighted by atomic mass is 9.99. The number of nitrogens with zero attached hydrogens (tertiary/aromatic N) is 1. The SMILES string of the molecule is COc1ccc(CN(CCCN)Cc2c(C)cc(C)cc2C)cc1. The fourth-order valence-corrected chi connectivity index (χ4v) is 3.20. The van der Waals surface area contributed by atoms with Gasteiger partial charge in [-0.25, -0.2) is 0 Å². The maximum absolute atomic E-state index is 5.74. The summed E-state index contributed by atoms with van der Waals surface area (Å²) in [7, 11) is 1.70. The molecule has 130 valence electrons. The summed E-state index contributed by atoms with van der Waals surface area (Å²) >= 11 is 0. The van der Waals surface area contributed by atoms with E-state index in [1.54, 1.807) is 7.11 Å². The lowest BCUT2D eigenvalue weighted by Crippen LogP contribution is -2.26. The zero-order valence-corrected chi connectivity index (χ0v) is 15.4. The number of hydrogen-bond acceptors (Lipinski definition) is 3. The highest BCUT2D eigenvalue weighted by molar-refractivity contribution is 5.37. The molecule has 0 bridgehead atoms. The van der Waals surface area contributed by atoms with Gasteiger partial charge in [0, 0.05) is 19.6 Å². The van der Waals surface area contributed by atoms with Crippen molar-refractivity contribution in [2.75, 3.05) is 20.2 Å². The molecule has 0 fully saturated rings. The van der Waals surface area contributed by atoms with Crippen LogP contribution in [0.3, 0.4) is 0 Å². The third kappa shape index (κ3) is 5.08. The quantitative estimate of drug-likeness (QED) is 0.797. The first-order valence-corrected chi connectivity index (χ1v) is 8.65. The highest BCUT2D eigenvalue weighted by atomic mass is 16.5. The number of hydrogen-bond donors (Lipinski definition) is 1. The first-order valence-electron chi connectivity index (χ1n) is 8.65. The van der Waals surface area contributed by atoms with E-state index < -0.39 is 0 Å². The molecule has 0 aliphatic rings. The minimum Gasteiger partial charge on any atom is -0.497 e. The van der Waals surface area contributed by atoms with Crippen molar-refractivity contribution in [3.05, 3.63) is 64.2 Å². The Morgan fingerprint density at radius 2 is 1.58 bits per heavy atom. The maximum Gasteiger partial charge on any atom is 0.118 e. The van der Waals surface area contributed by atoms with Gasteiger partial charge in [0.25, 0.3) is 0 Å². The van der Waals surface area contributed by atoms with Crippen molar-refractivity contribution in [2.45, 2.75) is 40.3 Å². The third-order valence-corrected chi connectivity index (χ3v) is 4.47. The molecule has 0 unspecified atom stereocenters. The Balaban J connectivity index is 2.15. The van der Waals surface area contributed by atoms with Gasteiger partial charge in [0.2, 0.25) is 0 Å². The molecule has 0 aromatic heterocycles. The van der Waals surface area contributed by atoms with Crippen molar-refractivity contribution >= 4 is 0 Å². The molecule has 2 aromatic rings. The normalized spacial score (nSPS) is 11.1. The molecule has 0 atom stereocenters. The molecule has 0 heterocycles. The minimum absolute atomic E-state index is 0.727. The van der Waals surface area contributed by atoms with Gasteiger partial charge in [-0.15, -0.1) is 0 Å². The molecule has 0 saturated heterocycles. The van der Waals surface area contributed by atoms with Gasteiger partial charge >= 0.3 is 0 Å². The first-order chi connectivity index (χ1) is 11.5. The Morgan fingerprint density at radius 1 is 0.958 bits per heavy atom. The summed E-state index contributed by atoms with van der Waals surface area (Å²) in [5.74, 6) is 0.900. The molecule has 2 N–H and O–H groups in total. The monoisotopic (exact) mass is 326 g/mol. The third-order valence-electron chi connectivity index (χ3n) is 4.47. The maximum atomic E-state index is 5.74. The van der Waals surface area contributed by atoms with Gasteiger partial charge in [-0.1, -0.05) is 29.8 Å². The first kappa shape index (κ1) is 18.5. The van der Waals surface area contributed by atoms with Gasteiger partial charge in [0.05, 0.1) is 7.11 Å². The highest BCUT2D eigenvalue weighted by Crippen LogP contribution is 2.20. The number of nitrogens with two attached hydrogens (primary N) is 1. The number of methoxy groups -OCH3 is 1. The molecule has 0 aliphatic carbocycles. The van der Waals surface area contributed by atoms with Crippen LogP contribution in [0.15, 0.2) is 36.4 Å². The summed E-state index contributed by atoms with van der Waals surface area (Å²) < 4.78 is 5.25. The number of benzene rings is 2. The van der Waals surface area contributed by atoms with Gasteiger partial charge < -0.3 is 10.5 Å². The van der Waals surface area contributed by atoms with E-state index in [2.05, 4.69) is 49.9 Å². The second-order valence-corrected chi connectivity index (χ2v) is 6.58. The Morgan fingerprint density at radius 3 is 2.12 bits per heavy atom. The second kappa shape index (κ2) is 8.86.